The van der Waals surface area contributed by atoms with Gasteiger partial charge < -0.3 is 5.23 Å². The first-order valence-electron chi connectivity index (χ1n) is 3.32. The van der Waals surface area contributed by atoms with Gasteiger partial charge in [-0.15, -0.1) is 0 Å². The molecular formula is C6H12BINO. The molecule has 0 spiro atoms. The number of hydrogen-bond acceptors (Lipinski definition) is 1. The van der Waals surface area contributed by atoms with E-state index >= 15 is 0 Å². The lowest BCUT2D eigenvalue weighted by atomic mass is 9.78. The molecule has 57 valence electrons. The molecule has 1 radical (unpaired) electrons. The normalized spacial score (nSPS) is 12.9. The summed E-state index contributed by atoms with van der Waals surface area (Å²) in [6.07, 6.45) is 0. The predicted octanol–water partition coefficient (Wildman–Crippen LogP) is 1.37. The van der Waals surface area contributed by atoms with Crippen LogP contribution in [0.4, 0.5) is 0 Å². The fraction of sp³-hybridized carbons (Fsp3) is 0.833. The Kier molecular flexibility index (Phi) is 5.12. The number of carbonyl (C=O) groups excluding carboxylic acids is 1. The molecule has 0 saturated heterocycles. The van der Waals surface area contributed by atoms with E-state index in [-0.39, 0.29) is 9.83 Å². The zero-order chi connectivity index (χ0) is 8.15. The maximum Gasteiger partial charge on any atom is 0.249 e. The smallest absolute Gasteiger partial charge is 0.249 e. The van der Waals surface area contributed by atoms with E-state index in [1.165, 1.54) is 0 Å². The van der Waals surface area contributed by atoms with Crippen LogP contribution in [0.3, 0.4) is 0 Å². The van der Waals surface area contributed by atoms with Crippen LogP contribution in [-0.4, -0.2) is 17.2 Å². The molecule has 0 rings (SSSR count). The van der Waals surface area contributed by atoms with Crippen LogP contribution in [0.2, 0.25) is 5.82 Å². The van der Waals surface area contributed by atoms with Crippen molar-refractivity contribution in [3.8, 4) is 0 Å². The molecule has 0 bridgehead atoms. The average Bonchev–Trinajstić information content (AvgIpc) is 1.82. The molecule has 1 atom stereocenters. The predicted molar refractivity (Wildman–Crippen MR) is 52.5 cm³/mol. The Morgan fingerprint density at radius 1 is 1.50 bits per heavy atom. The number of rotatable bonds is 3. The summed E-state index contributed by atoms with van der Waals surface area (Å²) >= 11 is 2.08. The second-order valence-electron chi connectivity index (χ2n) is 2.54. The summed E-state index contributed by atoms with van der Waals surface area (Å²) in [5.74, 6) is 0.494. The van der Waals surface area contributed by atoms with Crippen LogP contribution in [0.5, 0.6) is 0 Å². The van der Waals surface area contributed by atoms with Gasteiger partial charge in [0.2, 0.25) is 13.3 Å². The number of amides is 1. The molecule has 0 aliphatic heterocycles. The number of nitrogens with one attached hydrogen (secondary N) is 1. The van der Waals surface area contributed by atoms with Gasteiger partial charge in [0.05, 0.1) is 3.92 Å². The van der Waals surface area contributed by atoms with Gasteiger partial charge in [-0.1, -0.05) is 42.3 Å². The third-order valence-corrected chi connectivity index (χ3v) is 1.49. The van der Waals surface area contributed by atoms with Gasteiger partial charge in [0, 0.05) is 0 Å². The Labute approximate surface area is 76.5 Å². The molecule has 0 heterocycles. The third-order valence-electron chi connectivity index (χ3n) is 0.920. The minimum atomic E-state index is 0.0487. The van der Waals surface area contributed by atoms with Crippen molar-refractivity contribution >= 4 is 35.9 Å². The van der Waals surface area contributed by atoms with Crippen LogP contribution >= 0.6 is 22.6 Å². The van der Waals surface area contributed by atoms with Crippen LogP contribution in [0.15, 0.2) is 0 Å². The summed E-state index contributed by atoms with van der Waals surface area (Å²) in [7, 11) is 1.80. The van der Waals surface area contributed by atoms with E-state index < -0.39 is 0 Å². The maximum absolute atomic E-state index is 10.9. The Balaban J connectivity index is 3.40. The van der Waals surface area contributed by atoms with Crippen molar-refractivity contribution in [2.75, 3.05) is 0 Å². The van der Waals surface area contributed by atoms with E-state index in [1.807, 2.05) is 20.8 Å². The van der Waals surface area contributed by atoms with Gasteiger partial charge >= 0.3 is 0 Å². The van der Waals surface area contributed by atoms with Crippen LogP contribution in [-0.2, 0) is 4.79 Å². The Hall–Kier alpha value is 0.265. The standard InChI is InChI=1S/C6H12BINO/c1-4(2)7-9-6(10)5(3)8/h4-5H,1-3H3,(H,9,10). The van der Waals surface area contributed by atoms with Crippen molar-refractivity contribution in [2.24, 2.45) is 0 Å². The van der Waals surface area contributed by atoms with Crippen molar-refractivity contribution in [1.82, 2.24) is 5.23 Å². The van der Waals surface area contributed by atoms with E-state index in [1.54, 1.807) is 7.41 Å². The van der Waals surface area contributed by atoms with Crippen LogP contribution in [0.1, 0.15) is 20.8 Å². The SMILES string of the molecule is CC(C)[B]NC(=O)C(C)I. The van der Waals surface area contributed by atoms with Crippen molar-refractivity contribution in [3.05, 3.63) is 0 Å². The van der Waals surface area contributed by atoms with Crippen LogP contribution < -0.4 is 5.23 Å². The fourth-order valence-electron chi connectivity index (χ4n) is 0.364. The molecule has 0 aromatic heterocycles. The molecule has 1 N–H and O–H groups in total. The number of carbonyl (C=O) groups is 1. The van der Waals surface area contributed by atoms with Gasteiger partial charge in [-0.05, 0) is 6.92 Å². The minimum absolute atomic E-state index is 0.0487. The highest BCUT2D eigenvalue weighted by atomic mass is 127. The lowest BCUT2D eigenvalue weighted by Crippen LogP contribution is -2.33. The highest BCUT2D eigenvalue weighted by molar-refractivity contribution is 14.1. The first-order chi connectivity index (χ1) is 4.54. The lowest BCUT2D eigenvalue weighted by molar-refractivity contribution is -0.118. The van der Waals surface area contributed by atoms with Gasteiger partial charge in [-0.25, -0.2) is 0 Å². The third kappa shape index (κ3) is 5.08. The highest BCUT2D eigenvalue weighted by Crippen LogP contribution is 1.99. The monoisotopic (exact) mass is 252 g/mol. The second kappa shape index (κ2) is 4.99. The van der Waals surface area contributed by atoms with E-state index in [4.69, 9.17) is 0 Å². The van der Waals surface area contributed by atoms with E-state index in [0.717, 1.165) is 0 Å². The molecule has 2 nitrogen and oxygen atoms in total. The summed E-state index contributed by atoms with van der Waals surface area (Å²) < 4.78 is 0.0487. The molecule has 0 saturated carbocycles. The lowest BCUT2D eigenvalue weighted by Gasteiger charge is -2.06. The molecule has 0 fully saturated rings. The first kappa shape index (κ1) is 10.3. The van der Waals surface area contributed by atoms with Crippen molar-refractivity contribution in [2.45, 2.75) is 30.5 Å². The molecular weight excluding hydrogens is 240 g/mol. The molecule has 0 aliphatic rings. The van der Waals surface area contributed by atoms with Crippen molar-refractivity contribution < 1.29 is 4.79 Å². The minimum Gasteiger partial charge on any atom is -0.402 e. The molecule has 0 aromatic rings. The van der Waals surface area contributed by atoms with E-state index in [2.05, 4.69) is 27.8 Å². The second-order valence-corrected chi connectivity index (χ2v) is 4.40. The molecule has 1 amide bonds. The average molecular weight is 252 g/mol. The molecule has 10 heavy (non-hydrogen) atoms. The summed E-state index contributed by atoms with van der Waals surface area (Å²) in [4.78, 5) is 10.9. The topological polar surface area (TPSA) is 29.1 Å². The van der Waals surface area contributed by atoms with Crippen LogP contribution in [0, 0.1) is 0 Å². The Bertz CT molecular complexity index is 116. The summed E-state index contributed by atoms with van der Waals surface area (Å²) in [5, 5.41) is 2.71. The quantitative estimate of drug-likeness (QED) is 0.458. The van der Waals surface area contributed by atoms with Gasteiger partial charge in [0.25, 0.3) is 0 Å². The van der Waals surface area contributed by atoms with Gasteiger partial charge in [0.15, 0.2) is 0 Å². The number of alkyl halides is 1. The zero-order valence-corrected chi connectivity index (χ0v) is 8.68. The maximum atomic E-state index is 10.9. The van der Waals surface area contributed by atoms with Crippen LogP contribution in [0.25, 0.3) is 0 Å². The molecule has 4 heteroatoms. The fourth-order valence-corrected chi connectivity index (χ4v) is 0.543. The van der Waals surface area contributed by atoms with Crippen molar-refractivity contribution in [3.63, 3.8) is 0 Å². The molecule has 0 aliphatic carbocycles. The Morgan fingerprint density at radius 2 is 2.00 bits per heavy atom. The Morgan fingerprint density at radius 3 is 2.30 bits per heavy atom. The van der Waals surface area contributed by atoms with Gasteiger partial charge in [-0.3, -0.25) is 4.79 Å². The summed E-state index contributed by atoms with van der Waals surface area (Å²) in [5.41, 5.74) is 0. The highest BCUT2D eigenvalue weighted by Gasteiger charge is 2.08. The van der Waals surface area contributed by atoms with Crippen molar-refractivity contribution in [1.29, 1.82) is 0 Å². The number of hydrogen-bond donors (Lipinski definition) is 1. The summed E-state index contributed by atoms with van der Waals surface area (Å²) in [6, 6.07) is 0. The largest absolute Gasteiger partial charge is 0.402 e. The van der Waals surface area contributed by atoms with Gasteiger partial charge in [0.1, 0.15) is 0 Å². The zero-order valence-electron chi connectivity index (χ0n) is 6.52. The van der Waals surface area contributed by atoms with Gasteiger partial charge in [-0.2, -0.15) is 0 Å². The molecule has 1 unspecified atom stereocenters. The summed E-state index contributed by atoms with van der Waals surface area (Å²) in [6.45, 7) is 5.92. The first-order valence-corrected chi connectivity index (χ1v) is 4.56. The van der Waals surface area contributed by atoms with E-state index in [0.29, 0.717) is 5.82 Å². The number of halogens is 1. The molecule has 0 aromatic carbocycles. The van der Waals surface area contributed by atoms with E-state index in [9.17, 15) is 4.79 Å².